The van der Waals surface area contributed by atoms with E-state index in [2.05, 4.69) is 17.0 Å². The van der Waals surface area contributed by atoms with Crippen LogP contribution in [0.25, 0.3) is 0 Å². The topological polar surface area (TPSA) is 60.2 Å². The summed E-state index contributed by atoms with van der Waals surface area (Å²) in [6.45, 7) is 3.12. The Hall–Kier alpha value is -1.88. The fraction of sp³-hybridized carbons (Fsp3) is 0.500. The zero-order chi connectivity index (χ0) is 15.1. The molecule has 0 amide bonds. The van der Waals surface area contributed by atoms with Gasteiger partial charge >= 0.3 is 0 Å². The van der Waals surface area contributed by atoms with E-state index in [1.165, 1.54) is 0 Å². The maximum absolute atomic E-state index is 9.13. The molecule has 0 bridgehead atoms. The highest BCUT2D eigenvalue weighted by Gasteiger charge is 2.10. The average Bonchev–Trinajstić information content (AvgIpc) is 2.88. The van der Waals surface area contributed by atoms with E-state index in [0.717, 1.165) is 42.3 Å². The molecule has 0 atom stereocenters. The smallest absolute Gasteiger partial charge is 0.155 e. The van der Waals surface area contributed by atoms with Gasteiger partial charge in [-0.2, -0.15) is 5.10 Å². The van der Waals surface area contributed by atoms with Crippen LogP contribution < -0.4 is 4.74 Å². The van der Waals surface area contributed by atoms with Crippen LogP contribution >= 0.6 is 0 Å². The molecule has 0 aliphatic heterocycles. The molecule has 2 rings (SSSR count). The van der Waals surface area contributed by atoms with Gasteiger partial charge in [-0.05, 0) is 24.1 Å². The third-order valence-corrected chi connectivity index (χ3v) is 3.37. The molecule has 0 saturated carbocycles. The number of methoxy groups -OCH3 is 1. The summed E-state index contributed by atoms with van der Waals surface area (Å²) < 4.78 is 7.08. The first-order valence-electron chi connectivity index (χ1n) is 7.43. The van der Waals surface area contributed by atoms with Crippen LogP contribution in [0.3, 0.4) is 0 Å². The number of aliphatic hydroxyl groups excluding tert-OH is 1. The van der Waals surface area contributed by atoms with Gasteiger partial charge in [0.15, 0.2) is 5.82 Å². The van der Waals surface area contributed by atoms with Crippen LogP contribution in [-0.2, 0) is 19.4 Å². The molecular formula is C16H23N3O2. The second-order valence-corrected chi connectivity index (χ2v) is 5.02. The van der Waals surface area contributed by atoms with Gasteiger partial charge < -0.3 is 9.84 Å². The maximum atomic E-state index is 9.13. The van der Waals surface area contributed by atoms with Crippen LogP contribution in [0.4, 0.5) is 0 Å². The summed E-state index contributed by atoms with van der Waals surface area (Å²) in [6, 6.07) is 7.94. The first kappa shape index (κ1) is 15.5. The number of ether oxygens (including phenoxy) is 1. The highest BCUT2D eigenvalue weighted by molar-refractivity contribution is 5.28. The number of nitrogens with zero attached hydrogens (tertiary/aromatic N) is 3. The molecule has 1 aromatic carbocycles. The van der Waals surface area contributed by atoms with Crippen molar-refractivity contribution >= 4 is 0 Å². The van der Waals surface area contributed by atoms with Crippen LogP contribution in [-0.4, -0.2) is 33.6 Å². The molecule has 5 heteroatoms. The first-order chi connectivity index (χ1) is 10.3. The molecule has 0 aliphatic carbocycles. The fourth-order valence-corrected chi connectivity index (χ4v) is 2.20. The third kappa shape index (κ3) is 4.29. The van der Waals surface area contributed by atoms with E-state index in [1.54, 1.807) is 7.11 Å². The van der Waals surface area contributed by atoms with Crippen molar-refractivity contribution in [2.24, 2.45) is 0 Å². The maximum Gasteiger partial charge on any atom is 0.155 e. The van der Waals surface area contributed by atoms with E-state index in [4.69, 9.17) is 9.84 Å². The van der Waals surface area contributed by atoms with Gasteiger partial charge in [0.25, 0.3) is 0 Å². The molecule has 1 heterocycles. The predicted molar refractivity (Wildman–Crippen MR) is 81.5 cm³/mol. The second-order valence-electron chi connectivity index (χ2n) is 5.02. The van der Waals surface area contributed by atoms with Crippen molar-refractivity contribution in [2.75, 3.05) is 13.7 Å². The minimum Gasteiger partial charge on any atom is -0.497 e. The van der Waals surface area contributed by atoms with Crippen molar-refractivity contribution in [2.45, 2.75) is 39.2 Å². The molecule has 0 saturated heterocycles. The lowest BCUT2D eigenvalue weighted by atomic mass is 10.1. The Morgan fingerprint density at radius 1 is 1.24 bits per heavy atom. The molecule has 0 aliphatic rings. The lowest BCUT2D eigenvalue weighted by Gasteiger charge is -2.02. The first-order valence-corrected chi connectivity index (χ1v) is 7.43. The average molecular weight is 289 g/mol. The largest absolute Gasteiger partial charge is 0.497 e. The van der Waals surface area contributed by atoms with Gasteiger partial charge in [0.2, 0.25) is 0 Å². The number of aliphatic hydroxyl groups is 1. The second kappa shape index (κ2) is 7.78. The Labute approximate surface area is 125 Å². The quantitative estimate of drug-likeness (QED) is 0.809. The summed E-state index contributed by atoms with van der Waals surface area (Å²) in [4.78, 5) is 4.55. The lowest BCUT2D eigenvalue weighted by molar-refractivity contribution is 0.293. The predicted octanol–water partition coefficient (Wildman–Crippen LogP) is 2.21. The minimum absolute atomic E-state index is 0.104. The summed E-state index contributed by atoms with van der Waals surface area (Å²) in [5.41, 5.74) is 1.15. The van der Waals surface area contributed by atoms with Crippen molar-refractivity contribution in [1.82, 2.24) is 14.8 Å². The van der Waals surface area contributed by atoms with Gasteiger partial charge in [-0.15, -0.1) is 0 Å². The highest BCUT2D eigenvalue weighted by Crippen LogP contribution is 2.14. The van der Waals surface area contributed by atoms with E-state index in [1.807, 2.05) is 28.9 Å². The number of unbranched alkanes of at least 4 members (excludes halogenated alkanes) is 1. The number of hydrogen-bond donors (Lipinski definition) is 1. The fourth-order valence-electron chi connectivity index (χ4n) is 2.20. The number of benzene rings is 1. The Balaban J connectivity index is 2.10. The van der Waals surface area contributed by atoms with Gasteiger partial charge in [-0.25, -0.2) is 9.67 Å². The minimum atomic E-state index is 0.104. The summed E-state index contributed by atoms with van der Waals surface area (Å²) in [7, 11) is 1.66. The van der Waals surface area contributed by atoms with Crippen molar-refractivity contribution in [3.8, 4) is 5.75 Å². The number of aryl methyl sites for hydroxylation is 1. The lowest BCUT2D eigenvalue weighted by Crippen LogP contribution is -2.07. The molecule has 1 N–H and O–H groups in total. The summed E-state index contributed by atoms with van der Waals surface area (Å²) in [5.74, 6) is 2.52. The van der Waals surface area contributed by atoms with E-state index in [0.29, 0.717) is 12.8 Å². The highest BCUT2D eigenvalue weighted by atomic mass is 16.5. The zero-order valence-corrected chi connectivity index (χ0v) is 12.7. The Bertz CT molecular complexity index is 549. The van der Waals surface area contributed by atoms with E-state index in [-0.39, 0.29) is 6.61 Å². The molecule has 0 unspecified atom stereocenters. The van der Waals surface area contributed by atoms with Crippen LogP contribution in [0.1, 0.15) is 37.0 Å². The van der Waals surface area contributed by atoms with Gasteiger partial charge in [-0.3, -0.25) is 0 Å². The van der Waals surface area contributed by atoms with Gasteiger partial charge in [0.1, 0.15) is 11.6 Å². The Morgan fingerprint density at radius 2 is 2.00 bits per heavy atom. The molecule has 0 fully saturated rings. The number of aromatic nitrogens is 3. The molecule has 114 valence electrons. The van der Waals surface area contributed by atoms with E-state index in [9.17, 15) is 0 Å². The molecular weight excluding hydrogens is 266 g/mol. The van der Waals surface area contributed by atoms with Crippen LogP contribution in [0.2, 0.25) is 0 Å². The third-order valence-electron chi connectivity index (χ3n) is 3.37. The zero-order valence-electron chi connectivity index (χ0n) is 12.7. The van der Waals surface area contributed by atoms with Crippen molar-refractivity contribution in [3.05, 3.63) is 41.5 Å². The van der Waals surface area contributed by atoms with Crippen molar-refractivity contribution < 1.29 is 9.84 Å². The summed E-state index contributed by atoms with van der Waals surface area (Å²) in [6.07, 6.45) is 3.44. The molecule has 2 aromatic rings. The summed E-state index contributed by atoms with van der Waals surface area (Å²) >= 11 is 0. The van der Waals surface area contributed by atoms with E-state index >= 15 is 0 Å². The number of hydrogen-bond acceptors (Lipinski definition) is 4. The van der Waals surface area contributed by atoms with Crippen LogP contribution in [0.5, 0.6) is 5.75 Å². The van der Waals surface area contributed by atoms with Crippen molar-refractivity contribution in [3.63, 3.8) is 0 Å². The Morgan fingerprint density at radius 3 is 2.62 bits per heavy atom. The van der Waals surface area contributed by atoms with Crippen LogP contribution in [0, 0.1) is 0 Å². The molecule has 1 aromatic heterocycles. The molecule has 0 radical (unpaired) electrons. The van der Waals surface area contributed by atoms with Crippen molar-refractivity contribution in [1.29, 1.82) is 0 Å². The SMILES string of the molecule is CCCCn1nc(Cc2ccc(OC)cc2)nc1CCO. The van der Waals surface area contributed by atoms with Gasteiger partial charge in [0, 0.05) is 19.4 Å². The standard InChI is InChI=1S/C16H23N3O2/c1-3-4-10-19-16(9-11-20)17-15(18-19)12-13-5-7-14(21-2)8-6-13/h5-8,20H,3-4,9-12H2,1-2H3. The molecule has 0 spiro atoms. The molecule has 5 nitrogen and oxygen atoms in total. The molecule has 21 heavy (non-hydrogen) atoms. The summed E-state index contributed by atoms with van der Waals surface area (Å²) in [5, 5.41) is 13.7. The van der Waals surface area contributed by atoms with Gasteiger partial charge in [0.05, 0.1) is 13.7 Å². The van der Waals surface area contributed by atoms with Crippen LogP contribution in [0.15, 0.2) is 24.3 Å². The van der Waals surface area contributed by atoms with E-state index < -0.39 is 0 Å². The monoisotopic (exact) mass is 289 g/mol. The number of rotatable bonds is 8. The Kier molecular flexibility index (Phi) is 5.75. The van der Waals surface area contributed by atoms with Gasteiger partial charge in [-0.1, -0.05) is 25.5 Å². The normalized spacial score (nSPS) is 10.8.